The number of ether oxygens (including phenoxy) is 3. The molecule has 10 heteroatoms. The van der Waals surface area contributed by atoms with Gasteiger partial charge < -0.3 is 18.8 Å². The normalized spacial score (nSPS) is 11.9. The molecule has 10 nitrogen and oxygen atoms in total. The van der Waals surface area contributed by atoms with Gasteiger partial charge in [-0.3, -0.25) is 14.0 Å². The van der Waals surface area contributed by atoms with Gasteiger partial charge in [0.05, 0.1) is 24.9 Å². The number of esters is 1. The van der Waals surface area contributed by atoms with Crippen LogP contribution >= 0.6 is 0 Å². The molecule has 0 aliphatic rings. The average molecular weight is 466 g/mol. The van der Waals surface area contributed by atoms with Crippen molar-refractivity contribution in [2.75, 3.05) is 26.9 Å². The van der Waals surface area contributed by atoms with E-state index in [0.717, 1.165) is 5.56 Å². The Labute approximate surface area is 195 Å². The molecule has 0 bridgehead atoms. The van der Waals surface area contributed by atoms with Gasteiger partial charge in [0, 0.05) is 19.9 Å². The summed E-state index contributed by atoms with van der Waals surface area (Å²) in [5, 5.41) is 0.179. The van der Waals surface area contributed by atoms with Crippen LogP contribution in [-0.4, -0.2) is 52.8 Å². The molecule has 0 saturated carbocycles. The summed E-state index contributed by atoms with van der Waals surface area (Å²) >= 11 is 0. The third-order valence-corrected chi connectivity index (χ3v) is 4.87. The topological polar surface area (TPSA) is 113 Å². The zero-order valence-corrected chi connectivity index (χ0v) is 19.3. The van der Waals surface area contributed by atoms with Crippen LogP contribution in [0.2, 0.25) is 0 Å². The van der Waals surface area contributed by atoms with Crippen molar-refractivity contribution in [3.8, 4) is 0 Å². The lowest BCUT2D eigenvalue weighted by Crippen LogP contribution is -2.34. The van der Waals surface area contributed by atoms with Gasteiger partial charge in [0.1, 0.15) is 16.9 Å². The minimum absolute atomic E-state index is 0.00846. The first-order chi connectivity index (χ1) is 16.4. The van der Waals surface area contributed by atoms with Crippen LogP contribution in [0, 0.1) is 6.92 Å². The maximum Gasteiger partial charge on any atom is 0.341 e. The first-order valence-electron chi connectivity index (χ1n) is 10.6. The van der Waals surface area contributed by atoms with Gasteiger partial charge in [0.15, 0.2) is 12.1 Å². The predicted octanol–water partition coefficient (Wildman–Crippen LogP) is 1.92. The summed E-state index contributed by atoms with van der Waals surface area (Å²) in [6.45, 7) is 7.16. The molecule has 3 aromatic heterocycles. The van der Waals surface area contributed by atoms with Crippen LogP contribution in [-0.2, 0) is 25.5 Å². The predicted molar refractivity (Wildman–Crippen MR) is 125 cm³/mol. The summed E-state index contributed by atoms with van der Waals surface area (Å²) in [6, 6.07) is 4.94. The maximum absolute atomic E-state index is 13.3. The summed E-state index contributed by atoms with van der Waals surface area (Å²) < 4.78 is 18.5. The van der Waals surface area contributed by atoms with Gasteiger partial charge in [0.25, 0.3) is 11.5 Å². The van der Waals surface area contributed by atoms with E-state index in [1.807, 2.05) is 13.0 Å². The average Bonchev–Trinajstić information content (AvgIpc) is 2.82. The lowest BCUT2D eigenvalue weighted by atomic mass is 10.2. The largest absolute Gasteiger partial charge is 0.491 e. The molecule has 0 aliphatic carbocycles. The quantitative estimate of drug-likeness (QED) is 0.205. The van der Waals surface area contributed by atoms with Crippen LogP contribution in [0.4, 0.5) is 0 Å². The van der Waals surface area contributed by atoms with Gasteiger partial charge in [-0.1, -0.05) is 18.7 Å². The first kappa shape index (κ1) is 24.6. The number of nitrogens with zero attached hydrogens (tertiary/aromatic N) is 4. The number of rotatable bonds is 9. The molecule has 34 heavy (non-hydrogen) atoms. The Bertz CT molecular complexity index is 1400. The minimum Gasteiger partial charge on any atom is -0.491 e. The Kier molecular flexibility index (Phi) is 8.10. The molecule has 3 aromatic rings. The van der Waals surface area contributed by atoms with E-state index in [1.165, 1.54) is 40.6 Å². The second kappa shape index (κ2) is 11.2. The van der Waals surface area contributed by atoms with Crippen LogP contribution in [0.15, 0.2) is 59.2 Å². The molecule has 1 amide bonds. The summed E-state index contributed by atoms with van der Waals surface area (Å²) in [6.07, 6.45) is 5.94. The highest BCUT2D eigenvalue weighted by atomic mass is 16.5. The SMILES string of the molecule is C=C/C=C\OCC(=O)N=c1c(C(=O)OCC)cc2c(=O)n3cccc(C)c3nc2n1CCOC. The Balaban J connectivity index is 2.38. The van der Waals surface area contributed by atoms with Crippen LogP contribution in [0.3, 0.4) is 0 Å². The Morgan fingerprint density at radius 3 is 2.79 bits per heavy atom. The van der Waals surface area contributed by atoms with Gasteiger partial charge in [-0.05, 0) is 37.6 Å². The van der Waals surface area contributed by atoms with Gasteiger partial charge in [0.2, 0.25) is 0 Å². The highest BCUT2D eigenvalue weighted by Crippen LogP contribution is 2.13. The van der Waals surface area contributed by atoms with Crippen molar-refractivity contribution in [1.82, 2.24) is 14.0 Å². The van der Waals surface area contributed by atoms with E-state index in [2.05, 4.69) is 16.6 Å². The summed E-state index contributed by atoms with van der Waals surface area (Å²) in [4.78, 5) is 47.5. The molecule has 0 unspecified atom stereocenters. The fourth-order valence-electron chi connectivity index (χ4n) is 3.34. The zero-order chi connectivity index (χ0) is 24.7. The molecule has 0 radical (unpaired) electrons. The fourth-order valence-corrected chi connectivity index (χ4v) is 3.34. The number of hydrogen-bond donors (Lipinski definition) is 0. The number of hydrogen-bond acceptors (Lipinski definition) is 7. The van der Waals surface area contributed by atoms with Gasteiger partial charge >= 0.3 is 5.97 Å². The lowest BCUT2D eigenvalue weighted by molar-refractivity contribution is -0.120. The minimum atomic E-state index is -0.719. The molecule has 0 spiro atoms. The molecule has 0 atom stereocenters. The lowest BCUT2D eigenvalue weighted by Gasteiger charge is -2.15. The van der Waals surface area contributed by atoms with E-state index in [9.17, 15) is 14.4 Å². The first-order valence-corrected chi connectivity index (χ1v) is 10.6. The van der Waals surface area contributed by atoms with Crippen molar-refractivity contribution in [3.05, 3.63) is 76.4 Å². The monoisotopic (exact) mass is 466 g/mol. The molecule has 0 aromatic carbocycles. The number of pyridine rings is 2. The number of fused-ring (bicyclic) bond motifs is 2. The molecular formula is C24H26N4O6. The van der Waals surface area contributed by atoms with Crippen LogP contribution < -0.4 is 11.0 Å². The van der Waals surface area contributed by atoms with Gasteiger partial charge in [-0.15, -0.1) is 0 Å². The number of aromatic nitrogens is 3. The highest BCUT2D eigenvalue weighted by molar-refractivity contribution is 5.93. The molecular weight excluding hydrogens is 440 g/mol. The molecule has 3 rings (SSSR count). The second-order valence-corrected chi connectivity index (χ2v) is 7.17. The zero-order valence-electron chi connectivity index (χ0n) is 19.3. The Morgan fingerprint density at radius 1 is 1.29 bits per heavy atom. The van der Waals surface area contributed by atoms with E-state index in [4.69, 9.17) is 14.2 Å². The number of amides is 1. The standard InChI is InChI=1S/C24H26N4O6/c1-5-7-12-33-15-19(29)25-22-18(24(31)34-6-2)14-17-21(27(22)11-13-32-4)26-20-16(3)9-8-10-28(20)23(17)30/h5,7-10,12,14H,1,6,11,13,15H2,2-4H3/b12-7-,25-22?. The highest BCUT2D eigenvalue weighted by Gasteiger charge is 2.20. The maximum atomic E-state index is 13.3. The third-order valence-electron chi connectivity index (χ3n) is 4.87. The van der Waals surface area contributed by atoms with Crippen molar-refractivity contribution >= 4 is 28.6 Å². The molecule has 0 N–H and O–H groups in total. The Hall–Kier alpha value is -4.05. The third kappa shape index (κ3) is 5.12. The van der Waals surface area contributed by atoms with Crippen molar-refractivity contribution in [1.29, 1.82) is 0 Å². The van der Waals surface area contributed by atoms with E-state index in [0.29, 0.717) is 5.65 Å². The molecule has 0 aliphatic heterocycles. The fraction of sp³-hybridized carbons (Fsp3) is 0.292. The molecule has 178 valence electrons. The summed E-state index contributed by atoms with van der Waals surface area (Å²) in [7, 11) is 1.52. The van der Waals surface area contributed by atoms with Crippen LogP contribution in [0.1, 0.15) is 22.8 Å². The number of carbonyl (C=O) groups is 2. The van der Waals surface area contributed by atoms with E-state index >= 15 is 0 Å². The number of methoxy groups -OCH3 is 1. The smallest absolute Gasteiger partial charge is 0.341 e. The van der Waals surface area contributed by atoms with E-state index < -0.39 is 11.9 Å². The molecule has 0 saturated heterocycles. The van der Waals surface area contributed by atoms with Crippen LogP contribution in [0.25, 0.3) is 16.7 Å². The number of carbonyl (C=O) groups excluding carboxylic acids is 2. The van der Waals surface area contributed by atoms with Crippen molar-refractivity contribution < 1.29 is 23.8 Å². The van der Waals surface area contributed by atoms with Crippen LogP contribution in [0.5, 0.6) is 0 Å². The molecule has 3 heterocycles. The van der Waals surface area contributed by atoms with E-state index in [-0.39, 0.29) is 54.0 Å². The van der Waals surface area contributed by atoms with Gasteiger partial charge in [-0.2, -0.15) is 4.99 Å². The second-order valence-electron chi connectivity index (χ2n) is 7.17. The van der Waals surface area contributed by atoms with Crippen molar-refractivity contribution in [3.63, 3.8) is 0 Å². The van der Waals surface area contributed by atoms with Gasteiger partial charge in [-0.25, -0.2) is 9.78 Å². The van der Waals surface area contributed by atoms with Crippen molar-refractivity contribution in [2.24, 2.45) is 4.99 Å². The molecule has 0 fully saturated rings. The van der Waals surface area contributed by atoms with Crippen molar-refractivity contribution in [2.45, 2.75) is 20.4 Å². The number of allylic oxidation sites excluding steroid dienone is 2. The van der Waals surface area contributed by atoms with E-state index in [1.54, 1.807) is 19.2 Å². The summed E-state index contributed by atoms with van der Waals surface area (Å²) in [5.41, 5.74) is 1.11. The Morgan fingerprint density at radius 2 is 2.09 bits per heavy atom. The number of aryl methyl sites for hydroxylation is 1. The summed E-state index contributed by atoms with van der Waals surface area (Å²) in [5.74, 6) is -1.36.